The van der Waals surface area contributed by atoms with E-state index in [1.54, 1.807) is 19.4 Å². The molecule has 206 valence electrons. The van der Waals surface area contributed by atoms with Crippen molar-refractivity contribution in [3.05, 3.63) is 89.7 Å². The molecular formula is C30H36N4O5. The van der Waals surface area contributed by atoms with Crippen molar-refractivity contribution in [3.63, 3.8) is 0 Å². The van der Waals surface area contributed by atoms with Crippen molar-refractivity contribution in [1.82, 2.24) is 20.1 Å². The number of pyridine rings is 1. The molecule has 9 heteroatoms. The van der Waals surface area contributed by atoms with Crippen molar-refractivity contribution < 1.29 is 23.8 Å². The largest absolute Gasteiger partial charge is 0.493 e. The number of nitrogens with zero attached hydrogens (tertiary/aromatic N) is 3. The molecule has 2 aromatic carbocycles. The van der Waals surface area contributed by atoms with Crippen LogP contribution in [0.5, 0.6) is 11.5 Å². The summed E-state index contributed by atoms with van der Waals surface area (Å²) in [6, 6.07) is 19.0. The number of benzene rings is 2. The summed E-state index contributed by atoms with van der Waals surface area (Å²) in [7, 11) is 1.58. The molecule has 0 saturated carbocycles. The molecule has 39 heavy (non-hydrogen) atoms. The van der Waals surface area contributed by atoms with Gasteiger partial charge in [0, 0.05) is 58.1 Å². The molecule has 2 amide bonds. The van der Waals surface area contributed by atoms with Gasteiger partial charge in [-0.05, 0) is 41.3 Å². The van der Waals surface area contributed by atoms with Gasteiger partial charge in [0.15, 0.2) is 11.5 Å². The number of hydrogen-bond acceptors (Lipinski definition) is 7. The van der Waals surface area contributed by atoms with Gasteiger partial charge in [-0.3, -0.25) is 14.7 Å². The van der Waals surface area contributed by atoms with Gasteiger partial charge in [0.05, 0.1) is 13.7 Å². The van der Waals surface area contributed by atoms with E-state index >= 15 is 0 Å². The first kappa shape index (κ1) is 27.9. The van der Waals surface area contributed by atoms with Crippen LogP contribution in [0.1, 0.15) is 29.5 Å². The lowest BCUT2D eigenvalue weighted by atomic mass is 10.2. The number of nitrogens with one attached hydrogen (secondary N) is 1. The van der Waals surface area contributed by atoms with Gasteiger partial charge >= 0.3 is 6.09 Å². The Bertz CT molecular complexity index is 1180. The molecule has 0 bridgehead atoms. The summed E-state index contributed by atoms with van der Waals surface area (Å²) < 4.78 is 16.6. The molecule has 0 spiro atoms. The molecule has 0 atom stereocenters. The first-order valence-electron chi connectivity index (χ1n) is 13.2. The minimum atomic E-state index is -0.492. The van der Waals surface area contributed by atoms with E-state index in [9.17, 15) is 9.59 Å². The van der Waals surface area contributed by atoms with E-state index in [1.165, 1.54) is 5.56 Å². The Labute approximate surface area is 229 Å². The van der Waals surface area contributed by atoms with Crippen molar-refractivity contribution >= 4 is 12.0 Å². The topological polar surface area (TPSA) is 93.2 Å². The Kier molecular flexibility index (Phi) is 10.5. The molecule has 1 aliphatic heterocycles. The van der Waals surface area contributed by atoms with Crippen LogP contribution in [0.15, 0.2) is 73.1 Å². The molecular weight excluding hydrogens is 496 g/mol. The number of ether oxygens (including phenoxy) is 3. The Morgan fingerprint density at radius 1 is 0.923 bits per heavy atom. The van der Waals surface area contributed by atoms with E-state index in [4.69, 9.17) is 14.2 Å². The number of alkyl carbamates (subject to hydrolysis) is 1. The van der Waals surface area contributed by atoms with Crippen LogP contribution in [0.4, 0.5) is 4.79 Å². The highest BCUT2D eigenvalue weighted by Gasteiger charge is 2.21. The molecule has 2 heterocycles. The monoisotopic (exact) mass is 532 g/mol. The van der Waals surface area contributed by atoms with E-state index in [-0.39, 0.29) is 12.5 Å². The second-order valence-electron chi connectivity index (χ2n) is 9.37. The smallest absolute Gasteiger partial charge is 0.407 e. The SMILES string of the molecule is COc1ccc(CNC(=O)OCc2ccccc2)cc1OCCCC(=O)N1CCN(Cc2cccnc2)CC1. The highest BCUT2D eigenvalue weighted by molar-refractivity contribution is 5.76. The molecule has 9 nitrogen and oxygen atoms in total. The van der Waals surface area contributed by atoms with Gasteiger partial charge in [-0.2, -0.15) is 0 Å². The van der Waals surface area contributed by atoms with E-state index in [0.29, 0.717) is 37.5 Å². The number of hydrogen-bond donors (Lipinski definition) is 1. The van der Waals surface area contributed by atoms with Crippen molar-refractivity contribution in [2.24, 2.45) is 0 Å². The van der Waals surface area contributed by atoms with Crippen LogP contribution in [0.3, 0.4) is 0 Å². The lowest BCUT2D eigenvalue weighted by Crippen LogP contribution is -2.48. The summed E-state index contributed by atoms with van der Waals surface area (Å²) >= 11 is 0. The number of piperazine rings is 1. The number of amides is 2. The summed E-state index contributed by atoms with van der Waals surface area (Å²) in [5.41, 5.74) is 2.96. The number of rotatable bonds is 12. The fourth-order valence-corrected chi connectivity index (χ4v) is 4.36. The predicted molar refractivity (Wildman–Crippen MR) is 147 cm³/mol. The molecule has 3 aromatic rings. The summed E-state index contributed by atoms with van der Waals surface area (Å²) in [5.74, 6) is 1.32. The van der Waals surface area contributed by atoms with Crippen molar-refractivity contribution in [2.75, 3.05) is 39.9 Å². The maximum atomic E-state index is 12.7. The molecule has 0 aliphatic carbocycles. The zero-order valence-electron chi connectivity index (χ0n) is 22.4. The van der Waals surface area contributed by atoms with Gasteiger partial charge in [0.25, 0.3) is 0 Å². The predicted octanol–water partition coefficient (Wildman–Crippen LogP) is 4.02. The lowest BCUT2D eigenvalue weighted by Gasteiger charge is -2.34. The molecule has 4 rings (SSSR count). The number of aromatic nitrogens is 1. The molecule has 1 saturated heterocycles. The van der Waals surface area contributed by atoms with E-state index in [0.717, 1.165) is 43.9 Å². The first-order valence-corrected chi connectivity index (χ1v) is 13.2. The van der Waals surface area contributed by atoms with E-state index in [2.05, 4.69) is 21.3 Å². The fraction of sp³-hybridized carbons (Fsp3) is 0.367. The standard InChI is InChI=1S/C30H36N4O5/c1-37-27-12-11-25(21-32-30(36)39-23-24-7-3-2-4-8-24)19-28(27)38-18-6-10-29(35)34-16-14-33(15-17-34)22-26-9-5-13-31-20-26/h2-5,7-9,11-13,19-20H,6,10,14-18,21-23H2,1H3,(H,32,36). The molecule has 0 unspecified atom stereocenters. The molecule has 1 aliphatic rings. The Hall–Kier alpha value is -4.11. The van der Waals surface area contributed by atoms with E-state index < -0.39 is 6.09 Å². The molecule has 1 fully saturated rings. The average molecular weight is 533 g/mol. The Morgan fingerprint density at radius 3 is 2.46 bits per heavy atom. The van der Waals surface area contributed by atoms with Crippen LogP contribution < -0.4 is 14.8 Å². The quantitative estimate of drug-likeness (QED) is 0.352. The highest BCUT2D eigenvalue weighted by Crippen LogP contribution is 2.28. The maximum Gasteiger partial charge on any atom is 0.407 e. The summed E-state index contributed by atoms with van der Waals surface area (Å²) in [6.45, 7) is 4.92. The van der Waals surface area contributed by atoms with Crippen LogP contribution >= 0.6 is 0 Å². The second kappa shape index (κ2) is 14.7. The van der Waals surface area contributed by atoms with E-state index in [1.807, 2.05) is 59.6 Å². The lowest BCUT2D eigenvalue weighted by molar-refractivity contribution is -0.133. The van der Waals surface area contributed by atoms with Crippen LogP contribution in [0.25, 0.3) is 0 Å². The zero-order chi connectivity index (χ0) is 27.3. The third kappa shape index (κ3) is 9.00. The Morgan fingerprint density at radius 2 is 1.72 bits per heavy atom. The Balaban J connectivity index is 1.16. The minimum Gasteiger partial charge on any atom is -0.493 e. The second-order valence-corrected chi connectivity index (χ2v) is 9.37. The fourth-order valence-electron chi connectivity index (χ4n) is 4.36. The normalized spacial score (nSPS) is 13.5. The van der Waals surface area contributed by atoms with Gasteiger partial charge in [-0.15, -0.1) is 0 Å². The maximum absolute atomic E-state index is 12.7. The van der Waals surface area contributed by atoms with Gasteiger partial charge < -0.3 is 24.4 Å². The molecule has 1 N–H and O–H groups in total. The summed E-state index contributed by atoms with van der Waals surface area (Å²) in [4.78, 5) is 33.2. The summed E-state index contributed by atoms with van der Waals surface area (Å²) in [5, 5.41) is 2.75. The van der Waals surface area contributed by atoms with Crippen LogP contribution in [-0.2, 0) is 29.2 Å². The highest BCUT2D eigenvalue weighted by atomic mass is 16.5. The van der Waals surface area contributed by atoms with Gasteiger partial charge in [0.1, 0.15) is 6.61 Å². The number of carbonyl (C=O) groups is 2. The first-order chi connectivity index (χ1) is 19.1. The minimum absolute atomic E-state index is 0.151. The third-order valence-electron chi connectivity index (χ3n) is 6.52. The molecule has 1 aromatic heterocycles. The third-order valence-corrected chi connectivity index (χ3v) is 6.52. The van der Waals surface area contributed by atoms with Crippen molar-refractivity contribution in [3.8, 4) is 11.5 Å². The van der Waals surface area contributed by atoms with Crippen LogP contribution in [-0.4, -0.2) is 66.7 Å². The zero-order valence-corrected chi connectivity index (χ0v) is 22.4. The van der Waals surface area contributed by atoms with Crippen molar-refractivity contribution in [2.45, 2.75) is 32.5 Å². The van der Waals surface area contributed by atoms with Crippen LogP contribution in [0.2, 0.25) is 0 Å². The number of carbonyl (C=O) groups excluding carboxylic acids is 2. The molecule has 0 radical (unpaired) electrons. The van der Waals surface area contributed by atoms with Crippen LogP contribution in [0, 0.1) is 0 Å². The van der Waals surface area contributed by atoms with Gasteiger partial charge in [-0.25, -0.2) is 4.79 Å². The van der Waals surface area contributed by atoms with Gasteiger partial charge in [0.2, 0.25) is 5.91 Å². The van der Waals surface area contributed by atoms with Crippen molar-refractivity contribution in [1.29, 1.82) is 0 Å². The number of methoxy groups -OCH3 is 1. The van der Waals surface area contributed by atoms with Gasteiger partial charge in [-0.1, -0.05) is 42.5 Å². The average Bonchev–Trinajstić information content (AvgIpc) is 2.98. The summed E-state index contributed by atoms with van der Waals surface area (Å²) in [6.07, 6.45) is 4.21.